The highest BCUT2D eigenvalue weighted by Crippen LogP contribution is 2.10. The predicted molar refractivity (Wildman–Crippen MR) is 82.7 cm³/mol. The first-order chi connectivity index (χ1) is 9.66. The first-order valence-corrected chi connectivity index (χ1v) is 6.74. The molecule has 2 aromatic carbocycles. The maximum Gasteiger partial charge on any atom is 0.240 e. The molecule has 20 heavy (non-hydrogen) atoms. The molecule has 0 saturated heterocycles. The van der Waals surface area contributed by atoms with Crippen molar-refractivity contribution in [1.82, 2.24) is 5.32 Å². The van der Waals surface area contributed by atoms with Gasteiger partial charge in [-0.05, 0) is 24.6 Å². The third-order valence-electron chi connectivity index (χ3n) is 3.24. The van der Waals surface area contributed by atoms with Crippen LogP contribution in [0.1, 0.15) is 11.1 Å². The summed E-state index contributed by atoms with van der Waals surface area (Å²) in [5.41, 5.74) is 3.34. The minimum absolute atomic E-state index is 0.0586. The van der Waals surface area contributed by atoms with E-state index >= 15 is 0 Å². The van der Waals surface area contributed by atoms with E-state index in [1.165, 1.54) is 11.1 Å². The molecule has 104 valence electrons. The van der Waals surface area contributed by atoms with Crippen LogP contribution >= 0.6 is 0 Å². The fraction of sp³-hybridized carbons (Fsp3) is 0.235. The second-order valence-electron chi connectivity index (χ2n) is 4.88. The molecule has 0 aliphatic carbocycles. The van der Waals surface area contributed by atoms with Gasteiger partial charge in [0.25, 0.3) is 0 Å². The molecular weight excluding hydrogens is 248 g/mol. The number of anilines is 1. The van der Waals surface area contributed by atoms with Crippen LogP contribution in [0.25, 0.3) is 0 Å². The number of carbonyl (C=O) groups is 1. The van der Waals surface area contributed by atoms with Crippen LogP contribution in [0, 0.1) is 6.92 Å². The summed E-state index contributed by atoms with van der Waals surface area (Å²) in [7, 11) is 1.80. The Labute approximate surface area is 120 Å². The highest BCUT2D eigenvalue weighted by atomic mass is 16.2. The van der Waals surface area contributed by atoms with Gasteiger partial charge in [0.15, 0.2) is 0 Å². The molecule has 0 unspecified atom stereocenters. The van der Waals surface area contributed by atoms with E-state index in [2.05, 4.69) is 36.5 Å². The van der Waals surface area contributed by atoms with Gasteiger partial charge in [-0.15, -0.1) is 0 Å². The molecule has 3 heteroatoms. The lowest BCUT2D eigenvalue weighted by Gasteiger charge is -2.17. The van der Waals surface area contributed by atoms with E-state index in [0.29, 0.717) is 13.1 Å². The van der Waals surface area contributed by atoms with Crippen molar-refractivity contribution in [2.75, 3.05) is 18.5 Å². The molecule has 1 N–H and O–H groups in total. The number of rotatable bonds is 5. The van der Waals surface area contributed by atoms with Crippen molar-refractivity contribution in [3.05, 3.63) is 65.7 Å². The highest BCUT2D eigenvalue weighted by Gasteiger charge is 2.09. The van der Waals surface area contributed by atoms with Crippen LogP contribution in [0.4, 0.5) is 5.69 Å². The number of carbonyl (C=O) groups excluding carboxylic acids is 1. The summed E-state index contributed by atoms with van der Waals surface area (Å²) in [6.07, 6.45) is 0. The molecule has 2 aromatic rings. The molecule has 0 fully saturated rings. The van der Waals surface area contributed by atoms with Crippen molar-refractivity contribution in [1.29, 1.82) is 0 Å². The number of nitrogens with zero attached hydrogens (tertiary/aromatic N) is 1. The minimum Gasteiger partial charge on any atom is -0.314 e. The van der Waals surface area contributed by atoms with E-state index in [0.717, 1.165) is 5.69 Å². The van der Waals surface area contributed by atoms with Crippen molar-refractivity contribution in [3.63, 3.8) is 0 Å². The van der Waals surface area contributed by atoms with Crippen LogP contribution in [0.2, 0.25) is 0 Å². The van der Waals surface area contributed by atoms with Gasteiger partial charge in [-0.3, -0.25) is 4.79 Å². The van der Waals surface area contributed by atoms with Gasteiger partial charge in [-0.1, -0.05) is 48.0 Å². The number of para-hydroxylation sites is 1. The molecule has 0 radical (unpaired) electrons. The third kappa shape index (κ3) is 3.93. The summed E-state index contributed by atoms with van der Waals surface area (Å²) in [6, 6.07) is 18.0. The Kier molecular flexibility index (Phi) is 4.91. The Bertz CT molecular complexity index is 549. The topological polar surface area (TPSA) is 32.3 Å². The zero-order valence-corrected chi connectivity index (χ0v) is 12.0. The van der Waals surface area contributed by atoms with Crippen LogP contribution in [0.5, 0.6) is 0 Å². The Balaban J connectivity index is 1.82. The van der Waals surface area contributed by atoms with E-state index < -0.39 is 0 Å². The van der Waals surface area contributed by atoms with Crippen molar-refractivity contribution in [2.24, 2.45) is 0 Å². The quantitative estimate of drug-likeness (QED) is 0.904. The maximum absolute atomic E-state index is 12.1. The fourth-order valence-corrected chi connectivity index (χ4v) is 1.93. The van der Waals surface area contributed by atoms with Crippen molar-refractivity contribution < 1.29 is 4.79 Å². The van der Waals surface area contributed by atoms with Crippen LogP contribution < -0.4 is 10.2 Å². The van der Waals surface area contributed by atoms with Gasteiger partial charge in [0.05, 0.1) is 6.54 Å². The molecule has 0 saturated carbocycles. The number of amides is 1. The third-order valence-corrected chi connectivity index (χ3v) is 3.24. The molecule has 0 bridgehead atoms. The maximum atomic E-state index is 12.1. The fourth-order valence-electron chi connectivity index (χ4n) is 1.93. The molecule has 0 aromatic heterocycles. The number of aryl methyl sites for hydroxylation is 1. The zero-order valence-electron chi connectivity index (χ0n) is 12.0. The standard InChI is InChI=1S/C17H20N2O/c1-14-8-10-15(11-9-14)12-18-13-17(20)19(2)16-6-4-3-5-7-16/h3-11,18H,12-13H2,1-2H3. The summed E-state index contributed by atoms with van der Waals surface area (Å²) in [4.78, 5) is 13.7. The first kappa shape index (κ1) is 14.3. The van der Waals surface area contributed by atoms with Gasteiger partial charge in [-0.2, -0.15) is 0 Å². The van der Waals surface area contributed by atoms with Gasteiger partial charge >= 0.3 is 0 Å². The van der Waals surface area contributed by atoms with Crippen molar-refractivity contribution >= 4 is 11.6 Å². The first-order valence-electron chi connectivity index (χ1n) is 6.74. The van der Waals surface area contributed by atoms with E-state index in [-0.39, 0.29) is 5.91 Å². The molecule has 3 nitrogen and oxygen atoms in total. The zero-order chi connectivity index (χ0) is 14.4. The smallest absolute Gasteiger partial charge is 0.240 e. The van der Waals surface area contributed by atoms with Crippen molar-refractivity contribution in [2.45, 2.75) is 13.5 Å². The molecule has 0 atom stereocenters. The van der Waals surface area contributed by atoms with Gasteiger partial charge in [0.1, 0.15) is 0 Å². The SMILES string of the molecule is Cc1ccc(CNCC(=O)N(C)c2ccccc2)cc1. The van der Waals surface area contributed by atoms with E-state index in [9.17, 15) is 4.79 Å². The summed E-state index contributed by atoms with van der Waals surface area (Å²) in [6.45, 7) is 3.10. The Morgan fingerprint density at radius 3 is 2.35 bits per heavy atom. The minimum atomic E-state index is 0.0586. The lowest BCUT2D eigenvalue weighted by atomic mass is 10.1. The second kappa shape index (κ2) is 6.87. The monoisotopic (exact) mass is 268 g/mol. The normalized spacial score (nSPS) is 10.3. The second-order valence-corrected chi connectivity index (χ2v) is 4.88. The largest absolute Gasteiger partial charge is 0.314 e. The Hall–Kier alpha value is -2.13. The number of benzene rings is 2. The predicted octanol–water partition coefficient (Wildman–Crippen LogP) is 2.75. The van der Waals surface area contributed by atoms with Crippen LogP contribution in [-0.2, 0) is 11.3 Å². The summed E-state index contributed by atoms with van der Waals surface area (Å²) in [5, 5.41) is 3.18. The van der Waals surface area contributed by atoms with Gasteiger partial charge in [0.2, 0.25) is 5.91 Å². The van der Waals surface area contributed by atoms with E-state index in [4.69, 9.17) is 0 Å². The van der Waals surface area contributed by atoms with Gasteiger partial charge in [-0.25, -0.2) is 0 Å². The highest BCUT2D eigenvalue weighted by molar-refractivity contribution is 5.94. The Morgan fingerprint density at radius 1 is 1.05 bits per heavy atom. The molecule has 0 aliphatic rings. The summed E-state index contributed by atoms with van der Waals surface area (Å²) >= 11 is 0. The van der Waals surface area contributed by atoms with Gasteiger partial charge < -0.3 is 10.2 Å². The van der Waals surface area contributed by atoms with Crippen molar-refractivity contribution in [3.8, 4) is 0 Å². The molecule has 0 aliphatic heterocycles. The number of nitrogens with one attached hydrogen (secondary N) is 1. The molecule has 1 amide bonds. The lowest BCUT2D eigenvalue weighted by molar-refractivity contribution is -0.117. The lowest BCUT2D eigenvalue weighted by Crippen LogP contribution is -2.35. The summed E-state index contributed by atoms with van der Waals surface area (Å²) < 4.78 is 0. The van der Waals surface area contributed by atoms with E-state index in [1.54, 1.807) is 11.9 Å². The number of hydrogen-bond acceptors (Lipinski definition) is 2. The average molecular weight is 268 g/mol. The van der Waals surface area contributed by atoms with Crippen LogP contribution in [-0.4, -0.2) is 19.5 Å². The Morgan fingerprint density at radius 2 is 1.70 bits per heavy atom. The summed E-state index contributed by atoms with van der Waals surface area (Å²) in [5.74, 6) is 0.0586. The van der Waals surface area contributed by atoms with Crippen LogP contribution in [0.3, 0.4) is 0 Å². The number of hydrogen-bond donors (Lipinski definition) is 1. The van der Waals surface area contributed by atoms with E-state index in [1.807, 2.05) is 30.3 Å². The number of likely N-dealkylation sites (N-methyl/N-ethyl adjacent to an activating group) is 1. The molecule has 2 rings (SSSR count). The molecule has 0 heterocycles. The van der Waals surface area contributed by atoms with Crippen LogP contribution in [0.15, 0.2) is 54.6 Å². The molecular formula is C17H20N2O. The molecule has 0 spiro atoms. The van der Waals surface area contributed by atoms with Gasteiger partial charge in [0, 0.05) is 19.3 Å². The average Bonchev–Trinajstić information content (AvgIpc) is 2.49.